The minimum atomic E-state index is 0.328. The van der Waals surface area contributed by atoms with Crippen LogP contribution in [0, 0.1) is 0 Å². The van der Waals surface area contributed by atoms with E-state index < -0.39 is 0 Å². The fourth-order valence-corrected chi connectivity index (χ4v) is 2.35. The van der Waals surface area contributed by atoms with Gasteiger partial charge >= 0.3 is 0 Å². The lowest BCUT2D eigenvalue weighted by molar-refractivity contribution is 0.174. The third-order valence-electron chi connectivity index (χ3n) is 3.42. The molecule has 0 aromatic heterocycles. The van der Waals surface area contributed by atoms with E-state index in [1.807, 2.05) is 12.1 Å². The van der Waals surface area contributed by atoms with E-state index in [-0.39, 0.29) is 0 Å². The highest BCUT2D eigenvalue weighted by molar-refractivity contribution is 5.48. The van der Waals surface area contributed by atoms with Crippen molar-refractivity contribution in [3.63, 3.8) is 0 Å². The first-order valence-electron chi connectivity index (χ1n) is 7.10. The molecule has 0 unspecified atom stereocenters. The van der Waals surface area contributed by atoms with Crippen LogP contribution < -0.4 is 9.47 Å². The quantitative estimate of drug-likeness (QED) is 0.836. The molecular formula is C18H19NO2. The summed E-state index contributed by atoms with van der Waals surface area (Å²) >= 11 is 0. The van der Waals surface area contributed by atoms with E-state index in [9.17, 15) is 0 Å². The molecule has 0 saturated carbocycles. The van der Waals surface area contributed by atoms with Gasteiger partial charge in [-0.15, -0.1) is 0 Å². The van der Waals surface area contributed by atoms with Crippen molar-refractivity contribution in [2.75, 3.05) is 20.4 Å². The Bertz CT molecular complexity index is 622. The number of hydrogen-bond donors (Lipinski definition) is 0. The Morgan fingerprint density at radius 2 is 1.86 bits per heavy atom. The van der Waals surface area contributed by atoms with Gasteiger partial charge in [0.25, 0.3) is 0 Å². The fraction of sp³-hybridized carbons (Fsp3) is 0.222. The summed E-state index contributed by atoms with van der Waals surface area (Å²) in [5.41, 5.74) is 2.46. The Labute approximate surface area is 125 Å². The minimum Gasteiger partial charge on any atom is -0.454 e. The molecule has 0 spiro atoms. The van der Waals surface area contributed by atoms with Gasteiger partial charge < -0.3 is 9.47 Å². The molecule has 1 aliphatic rings. The van der Waals surface area contributed by atoms with E-state index in [2.05, 4.69) is 60.5 Å². The van der Waals surface area contributed by atoms with E-state index in [0.29, 0.717) is 6.79 Å². The second-order valence-corrected chi connectivity index (χ2v) is 5.20. The van der Waals surface area contributed by atoms with Crippen LogP contribution in [0.25, 0.3) is 6.08 Å². The average molecular weight is 281 g/mol. The molecule has 3 nitrogen and oxygen atoms in total. The van der Waals surface area contributed by atoms with Crippen LogP contribution in [0.2, 0.25) is 0 Å². The summed E-state index contributed by atoms with van der Waals surface area (Å²) in [7, 11) is 2.11. The molecule has 0 radical (unpaired) electrons. The molecule has 0 aliphatic carbocycles. The number of hydrogen-bond acceptors (Lipinski definition) is 3. The molecule has 21 heavy (non-hydrogen) atoms. The zero-order valence-corrected chi connectivity index (χ0v) is 12.2. The van der Waals surface area contributed by atoms with Crippen molar-refractivity contribution in [2.24, 2.45) is 0 Å². The van der Waals surface area contributed by atoms with E-state index in [4.69, 9.17) is 9.47 Å². The summed E-state index contributed by atoms with van der Waals surface area (Å²) in [6, 6.07) is 16.5. The van der Waals surface area contributed by atoms with Crippen molar-refractivity contribution in [3.05, 3.63) is 65.7 Å². The molecule has 0 amide bonds. The number of nitrogens with zero attached hydrogens (tertiary/aromatic N) is 1. The topological polar surface area (TPSA) is 21.7 Å². The highest BCUT2D eigenvalue weighted by Gasteiger charge is 2.13. The number of benzene rings is 2. The van der Waals surface area contributed by atoms with Gasteiger partial charge in [0.15, 0.2) is 11.5 Å². The number of fused-ring (bicyclic) bond motifs is 1. The summed E-state index contributed by atoms with van der Waals surface area (Å²) in [6.45, 7) is 2.12. The first-order chi connectivity index (χ1) is 10.3. The van der Waals surface area contributed by atoms with Crippen LogP contribution >= 0.6 is 0 Å². The Morgan fingerprint density at radius 3 is 2.71 bits per heavy atom. The minimum absolute atomic E-state index is 0.328. The van der Waals surface area contributed by atoms with E-state index >= 15 is 0 Å². The van der Waals surface area contributed by atoms with Gasteiger partial charge in [-0.25, -0.2) is 0 Å². The molecule has 108 valence electrons. The van der Waals surface area contributed by atoms with E-state index in [0.717, 1.165) is 24.6 Å². The third-order valence-corrected chi connectivity index (χ3v) is 3.42. The largest absolute Gasteiger partial charge is 0.454 e. The van der Waals surface area contributed by atoms with Crippen LogP contribution in [0.3, 0.4) is 0 Å². The molecule has 3 heteroatoms. The molecule has 2 aromatic rings. The summed E-state index contributed by atoms with van der Waals surface area (Å²) < 4.78 is 10.7. The Hall–Kier alpha value is -2.26. The molecule has 1 heterocycles. The molecule has 0 atom stereocenters. The molecule has 3 rings (SSSR count). The smallest absolute Gasteiger partial charge is 0.231 e. The molecule has 2 aromatic carbocycles. The lowest BCUT2D eigenvalue weighted by atomic mass is 10.2. The van der Waals surface area contributed by atoms with Crippen LogP contribution in [0.1, 0.15) is 11.1 Å². The third kappa shape index (κ3) is 3.64. The summed E-state index contributed by atoms with van der Waals surface area (Å²) in [5.74, 6) is 1.69. The van der Waals surface area contributed by atoms with Crippen LogP contribution in [0.4, 0.5) is 0 Å². The predicted octanol–water partition coefficient (Wildman–Crippen LogP) is 3.56. The maximum atomic E-state index is 5.40. The van der Waals surface area contributed by atoms with Gasteiger partial charge in [0.2, 0.25) is 6.79 Å². The number of likely N-dealkylation sites (N-methyl/N-ethyl adjacent to an activating group) is 1. The highest BCUT2D eigenvalue weighted by atomic mass is 16.7. The fourth-order valence-electron chi connectivity index (χ4n) is 2.35. The summed E-state index contributed by atoms with van der Waals surface area (Å²) in [6.07, 6.45) is 4.33. The van der Waals surface area contributed by atoms with Crippen LogP contribution in [0.15, 0.2) is 54.6 Å². The zero-order valence-electron chi connectivity index (χ0n) is 12.2. The van der Waals surface area contributed by atoms with Crippen molar-refractivity contribution < 1.29 is 9.47 Å². The second-order valence-electron chi connectivity index (χ2n) is 5.20. The Kier molecular flexibility index (Phi) is 4.22. The Morgan fingerprint density at radius 1 is 1.05 bits per heavy atom. The predicted molar refractivity (Wildman–Crippen MR) is 84.4 cm³/mol. The molecule has 0 fully saturated rings. The average Bonchev–Trinajstić information content (AvgIpc) is 2.96. The normalized spacial score (nSPS) is 13.2. The first kappa shape index (κ1) is 13.7. The van der Waals surface area contributed by atoms with Crippen molar-refractivity contribution in [1.82, 2.24) is 4.90 Å². The SMILES string of the molecule is CN(C/C=C/c1ccccc1)Cc1ccc2c(c1)OCO2. The lowest BCUT2D eigenvalue weighted by Crippen LogP contribution is -2.17. The molecule has 1 aliphatic heterocycles. The molecule has 0 saturated heterocycles. The van der Waals surface area contributed by atoms with Gasteiger partial charge in [-0.3, -0.25) is 4.90 Å². The number of ether oxygens (including phenoxy) is 2. The van der Waals surface area contributed by atoms with Gasteiger partial charge in [-0.05, 0) is 30.3 Å². The van der Waals surface area contributed by atoms with E-state index in [1.54, 1.807) is 0 Å². The highest BCUT2D eigenvalue weighted by Crippen LogP contribution is 2.32. The van der Waals surface area contributed by atoms with Gasteiger partial charge in [-0.1, -0.05) is 48.6 Å². The van der Waals surface area contributed by atoms with Gasteiger partial charge in [0.05, 0.1) is 0 Å². The monoisotopic (exact) mass is 281 g/mol. The van der Waals surface area contributed by atoms with Crippen molar-refractivity contribution in [2.45, 2.75) is 6.54 Å². The van der Waals surface area contributed by atoms with E-state index in [1.165, 1.54) is 11.1 Å². The van der Waals surface area contributed by atoms with Crippen LogP contribution in [-0.4, -0.2) is 25.3 Å². The maximum Gasteiger partial charge on any atom is 0.231 e. The van der Waals surface area contributed by atoms with Crippen molar-refractivity contribution in [1.29, 1.82) is 0 Å². The second kappa shape index (κ2) is 6.46. The molecule has 0 N–H and O–H groups in total. The van der Waals surface area contributed by atoms with Crippen LogP contribution in [0.5, 0.6) is 11.5 Å². The molecular weight excluding hydrogens is 262 g/mol. The van der Waals surface area contributed by atoms with Gasteiger partial charge in [0, 0.05) is 13.1 Å². The van der Waals surface area contributed by atoms with Gasteiger partial charge in [-0.2, -0.15) is 0 Å². The van der Waals surface area contributed by atoms with Crippen molar-refractivity contribution in [3.8, 4) is 11.5 Å². The van der Waals surface area contributed by atoms with Gasteiger partial charge in [0.1, 0.15) is 0 Å². The standard InChI is InChI=1S/C18H19NO2/c1-19(11-5-8-15-6-3-2-4-7-15)13-16-9-10-17-18(12-16)21-14-20-17/h2-10,12H,11,13-14H2,1H3/b8-5+. The lowest BCUT2D eigenvalue weighted by Gasteiger charge is -2.14. The number of rotatable bonds is 5. The maximum absolute atomic E-state index is 5.40. The summed E-state index contributed by atoms with van der Waals surface area (Å²) in [5, 5.41) is 0. The molecule has 0 bridgehead atoms. The zero-order chi connectivity index (χ0) is 14.5. The summed E-state index contributed by atoms with van der Waals surface area (Å²) in [4.78, 5) is 2.26. The van der Waals surface area contributed by atoms with Crippen LogP contribution in [-0.2, 0) is 6.54 Å². The van der Waals surface area contributed by atoms with Crippen molar-refractivity contribution >= 4 is 6.08 Å². The Balaban J connectivity index is 1.54. The first-order valence-corrected chi connectivity index (χ1v) is 7.10.